The molecule has 4 bridgehead atoms. The van der Waals surface area contributed by atoms with Crippen molar-refractivity contribution in [1.82, 2.24) is 24.4 Å². The summed E-state index contributed by atoms with van der Waals surface area (Å²) in [6.45, 7) is 8.73. The highest BCUT2D eigenvalue weighted by Gasteiger charge is 2.55. The summed E-state index contributed by atoms with van der Waals surface area (Å²) in [4.78, 5) is 35.4. The molecule has 1 saturated heterocycles. The smallest absolute Gasteiger partial charge is 0.228 e. The maximum Gasteiger partial charge on any atom is 0.228 e. The van der Waals surface area contributed by atoms with Crippen molar-refractivity contribution in [3.63, 3.8) is 0 Å². The minimum Gasteiger partial charge on any atom is -0.339 e. The molecule has 0 N–H and O–H groups in total. The number of nitrogens with zero attached hydrogens (tertiary/aromatic N) is 5. The van der Waals surface area contributed by atoms with E-state index in [1.54, 1.807) is 0 Å². The van der Waals surface area contributed by atoms with E-state index >= 15 is 0 Å². The zero-order valence-corrected chi connectivity index (χ0v) is 20.8. The molecule has 34 heavy (non-hydrogen) atoms. The maximum absolute atomic E-state index is 13.6. The van der Waals surface area contributed by atoms with Crippen molar-refractivity contribution in [2.75, 3.05) is 26.2 Å². The van der Waals surface area contributed by atoms with Crippen molar-refractivity contribution in [2.24, 2.45) is 23.2 Å². The molecule has 4 saturated carbocycles. The van der Waals surface area contributed by atoms with Crippen LogP contribution in [0.2, 0.25) is 0 Å². The van der Waals surface area contributed by atoms with Crippen LogP contribution in [0, 0.1) is 43.9 Å². The zero-order chi connectivity index (χ0) is 23.6. The largest absolute Gasteiger partial charge is 0.339 e. The van der Waals surface area contributed by atoms with Crippen LogP contribution >= 0.6 is 0 Å². The van der Waals surface area contributed by atoms with Crippen molar-refractivity contribution in [3.8, 4) is 0 Å². The van der Waals surface area contributed by atoms with Crippen molar-refractivity contribution in [3.05, 3.63) is 28.7 Å². The molecule has 7 heteroatoms. The summed E-state index contributed by atoms with van der Waals surface area (Å²) in [5.41, 5.74) is 4.89. The van der Waals surface area contributed by atoms with Crippen LogP contribution in [0.4, 0.5) is 0 Å². The van der Waals surface area contributed by atoms with E-state index in [0.717, 1.165) is 65.3 Å². The third kappa shape index (κ3) is 3.62. The molecule has 0 spiro atoms. The Morgan fingerprint density at radius 2 is 1.53 bits per heavy atom. The van der Waals surface area contributed by atoms with Crippen LogP contribution in [0.1, 0.15) is 67.6 Å². The number of hydrogen-bond acceptors (Lipinski definition) is 4. The SMILES string of the molecule is Cc1cc2nc(C)c(CCC(=O)N3CCN(C(=O)C45CC6CC(CC(C6)C4)C5)CC3)c(C)n2n1. The molecular formula is C27H37N5O2. The fraction of sp³-hybridized carbons (Fsp3) is 0.704. The van der Waals surface area contributed by atoms with Gasteiger partial charge in [-0.15, -0.1) is 0 Å². The molecule has 0 aromatic carbocycles. The van der Waals surface area contributed by atoms with Gasteiger partial charge >= 0.3 is 0 Å². The molecule has 5 fully saturated rings. The van der Waals surface area contributed by atoms with Gasteiger partial charge in [0.1, 0.15) is 0 Å². The Labute approximate surface area is 201 Å². The van der Waals surface area contributed by atoms with Gasteiger partial charge in [-0.3, -0.25) is 9.59 Å². The Balaban J connectivity index is 1.06. The third-order valence-electron chi connectivity index (χ3n) is 9.29. The number of hydrogen-bond donors (Lipinski definition) is 0. The zero-order valence-electron chi connectivity index (χ0n) is 20.8. The van der Waals surface area contributed by atoms with Crippen molar-refractivity contribution in [1.29, 1.82) is 0 Å². The first-order valence-corrected chi connectivity index (χ1v) is 13.2. The summed E-state index contributed by atoms with van der Waals surface area (Å²) in [5.74, 6) is 2.93. The molecule has 4 aliphatic carbocycles. The number of aromatic nitrogens is 3. The van der Waals surface area contributed by atoms with Crippen molar-refractivity contribution >= 4 is 17.5 Å². The highest BCUT2D eigenvalue weighted by atomic mass is 16.2. The van der Waals surface area contributed by atoms with Crippen LogP contribution in [0.15, 0.2) is 6.07 Å². The lowest BCUT2D eigenvalue weighted by Crippen LogP contribution is -2.58. The van der Waals surface area contributed by atoms with E-state index in [1.165, 1.54) is 19.3 Å². The molecule has 0 unspecified atom stereocenters. The van der Waals surface area contributed by atoms with Gasteiger partial charge in [0, 0.05) is 50.1 Å². The number of aryl methyl sites for hydroxylation is 3. The molecule has 2 aromatic heterocycles. The number of rotatable bonds is 4. The monoisotopic (exact) mass is 463 g/mol. The quantitative estimate of drug-likeness (QED) is 0.696. The van der Waals surface area contributed by atoms with Gasteiger partial charge in [0.15, 0.2) is 5.65 Å². The first-order chi connectivity index (χ1) is 16.3. The van der Waals surface area contributed by atoms with Crippen molar-refractivity contribution < 1.29 is 9.59 Å². The summed E-state index contributed by atoms with van der Waals surface area (Å²) >= 11 is 0. The van der Waals surface area contributed by atoms with E-state index in [4.69, 9.17) is 0 Å². The van der Waals surface area contributed by atoms with Crippen LogP contribution < -0.4 is 0 Å². The third-order valence-corrected chi connectivity index (χ3v) is 9.29. The lowest BCUT2D eigenvalue weighted by atomic mass is 9.49. The first kappa shape index (κ1) is 22.1. The molecule has 2 amide bonds. The van der Waals surface area contributed by atoms with Crippen molar-refractivity contribution in [2.45, 2.75) is 72.1 Å². The fourth-order valence-corrected chi connectivity index (χ4v) is 8.06. The molecule has 3 heterocycles. The second kappa shape index (κ2) is 8.06. The molecule has 7 nitrogen and oxygen atoms in total. The molecular weight excluding hydrogens is 426 g/mol. The van der Waals surface area contributed by atoms with Gasteiger partial charge in [-0.1, -0.05) is 0 Å². The molecule has 0 atom stereocenters. The number of fused-ring (bicyclic) bond motifs is 1. The molecule has 182 valence electrons. The first-order valence-electron chi connectivity index (χ1n) is 13.2. The van der Waals surface area contributed by atoms with Gasteiger partial charge in [-0.05, 0) is 89.0 Å². The standard InChI is InChI=1S/C27H37N5O2/c1-17-10-24-28-18(2)23(19(3)32(24)29-17)4-5-25(33)30-6-8-31(9-7-30)26(34)27-14-20-11-21(15-27)13-22(12-20)16-27/h10,20-22H,4-9,11-16H2,1-3H3. The van der Waals surface area contributed by atoms with Gasteiger partial charge in [-0.25, -0.2) is 9.50 Å². The molecule has 1 aliphatic heterocycles. The Bertz CT molecular complexity index is 1110. The van der Waals surface area contributed by atoms with Gasteiger partial charge in [0.05, 0.1) is 11.1 Å². The minimum atomic E-state index is -0.0769. The van der Waals surface area contributed by atoms with E-state index in [9.17, 15) is 9.59 Å². The average Bonchev–Trinajstić information content (AvgIpc) is 3.17. The Hall–Kier alpha value is -2.44. The number of carbonyl (C=O) groups is 2. The van der Waals surface area contributed by atoms with Crippen LogP contribution in [-0.4, -0.2) is 62.4 Å². The van der Waals surface area contributed by atoms with E-state index in [1.807, 2.05) is 29.3 Å². The van der Waals surface area contributed by atoms with E-state index in [2.05, 4.69) is 21.9 Å². The van der Waals surface area contributed by atoms with Crippen LogP contribution in [0.3, 0.4) is 0 Å². The summed E-state index contributed by atoms with van der Waals surface area (Å²) < 4.78 is 1.89. The molecule has 5 aliphatic rings. The van der Waals surface area contributed by atoms with Crippen LogP contribution in [0.5, 0.6) is 0 Å². The number of amides is 2. The highest BCUT2D eigenvalue weighted by molar-refractivity contribution is 5.84. The molecule has 2 aromatic rings. The number of carbonyl (C=O) groups excluding carboxylic acids is 2. The lowest BCUT2D eigenvalue weighted by molar-refractivity contribution is -0.160. The van der Waals surface area contributed by atoms with E-state index < -0.39 is 0 Å². The Morgan fingerprint density at radius 1 is 0.941 bits per heavy atom. The minimum absolute atomic E-state index is 0.0769. The maximum atomic E-state index is 13.6. The van der Waals surface area contributed by atoms with Gasteiger partial charge in [0.25, 0.3) is 0 Å². The second-order valence-corrected chi connectivity index (χ2v) is 11.7. The summed E-state index contributed by atoms with van der Waals surface area (Å²) in [6.07, 6.45) is 8.56. The average molecular weight is 464 g/mol. The topological polar surface area (TPSA) is 70.8 Å². The van der Waals surface area contributed by atoms with E-state index in [0.29, 0.717) is 44.9 Å². The molecule has 7 rings (SSSR count). The Morgan fingerprint density at radius 3 is 2.15 bits per heavy atom. The number of piperazine rings is 1. The van der Waals surface area contributed by atoms with Crippen LogP contribution in [-0.2, 0) is 16.0 Å². The van der Waals surface area contributed by atoms with Gasteiger partial charge in [0.2, 0.25) is 11.8 Å². The molecule has 0 radical (unpaired) electrons. The summed E-state index contributed by atoms with van der Waals surface area (Å²) in [5, 5.41) is 4.54. The Kier molecular flexibility index (Phi) is 5.23. The summed E-state index contributed by atoms with van der Waals surface area (Å²) in [6, 6.07) is 1.99. The lowest BCUT2D eigenvalue weighted by Gasteiger charge is -2.57. The normalized spacial score (nSPS) is 30.4. The predicted octanol–water partition coefficient (Wildman–Crippen LogP) is 3.47. The fourth-order valence-electron chi connectivity index (χ4n) is 8.06. The van der Waals surface area contributed by atoms with Crippen LogP contribution in [0.25, 0.3) is 5.65 Å². The van der Waals surface area contributed by atoms with E-state index in [-0.39, 0.29) is 11.3 Å². The van der Waals surface area contributed by atoms with Gasteiger partial charge in [-0.2, -0.15) is 5.10 Å². The predicted molar refractivity (Wildman–Crippen MR) is 129 cm³/mol. The second-order valence-electron chi connectivity index (χ2n) is 11.7. The van der Waals surface area contributed by atoms with Gasteiger partial charge < -0.3 is 9.80 Å². The highest BCUT2D eigenvalue weighted by Crippen LogP contribution is 2.60. The summed E-state index contributed by atoms with van der Waals surface area (Å²) in [7, 11) is 0.